The van der Waals surface area contributed by atoms with E-state index < -0.39 is 0 Å². The van der Waals surface area contributed by atoms with Crippen LogP contribution in [0.5, 0.6) is 0 Å². The summed E-state index contributed by atoms with van der Waals surface area (Å²) in [5.41, 5.74) is 6.96. The first-order valence-corrected chi connectivity index (χ1v) is 6.15. The van der Waals surface area contributed by atoms with Crippen molar-refractivity contribution < 1.29 is 9.90 Å². The molecule has 2 atom stereocenters. The number of nitrogen functional groups attached to an aromatic ring is 1. The van der Waals surface area contributed by atoms with Gasteiger partial charge in [0.2, 0.25) is 5.91 Å². The van der Waals surface area contributed by atoms with Crippen molar-refractivity contribution >= 4 is 17.3 Å². The molecule has 1 aliphatic rings. The molecule has 1 fully saturated rings. The SMILES string of the molecule is CC(C(=O)Nc1ccccc1N)N1CCC(O)C1. The Labute approximate surface area is 107 Å². The molecule has 5 heteroatoms. The van der Waals surface area contributed by atoms with Crippen LogP contribution in [0.25, 0.3) is 0 Å². The number of amides is 1. The number of hydrogen-bond donors (Lipinski definition) is 3. The Morgan fingerprint density at radius 2 is 2.28 bits per heavy atom. The van der Waals surface area contributed by atoms with Crippen molar-refractivity contribution in [1.29, 1.82) is 0 Å². The van der Waals surface area contributed by atoms with Gasteiger partial charge in [-0.15, -0.1) is 0 Å². The number of para-hydroxylation sites is 2. The normalized spacial score (nSPS) is 21.8. The molecule has 5 nitrogen and oxygen atoms in total. The molecule has 0 radical (unpaired) electrons. The summed E-state index contributed by atoms with van der Waals surface area (Å²) in [5, 5.41) is 12.3. The highest BCUT2D eigenvalue weighted by Crippen LogP contribution is 2.18. The van der Waals surface area contributed by atoms with Gasteiger partial charge in [0.1, 0.15) is 0 Å². The van der Waals surface area contributed by atoms with E-state index in [4.69, 9.17) is 5.73 Å². The molecule has 18 heavy (non-hydrogen) atoms. The van der Waals surface area contributed by atoms with Gasteiger partial charge in [-0.25, -0.2) is 0 Å². The molecule has 98 valence electrons. The number of hydrogen-bond acceptors (Lipinski definition) is 4. The molecule has 0 aromatic heterocycles. The Hall–Kier alpha value is -1.59. The van der Waals surface area contributed by atoms with Crippen LogP contribution in [0.4, 0.5) is 11.4 Å². The number of nitrogens with one attached hydrogen (secondary N) is 1. The van der Waals surface area contributed by atoms with Crippen molar-refractivity contribution in [3.05, 3.63) is 24.3 Å². The molecule has 0 aliphatic carbocycles. The summed E-state index contributed by atoms with van der Waals surface area (Å²) >= 11 is 0. The lowest BCUT2D eigenvalue weighted by atomic mass is 10.2. The summed E-state index contributed by atoms with van der Waals surface area (Å²) in [4.78, 5) is 14.0. The summed E-state index contributed by atoms with van der Waals surface area (Å²) in [6.45, 7) is 3.14. The number of benzene rings is 1. The third-order valence-corrected chi connectivity index (χ3v) is 3.34. The van der Waals surface area contributed by atoms with Gasteiger partial charge in [-0.05, 0) is 25.5 Å². The van der Waals surface area contributed by atoms with Crippen molar-refractivity contribution in [3.63, 3.8) is 0 Å². The van der Waals surface area contributed by atoms with Crippen LogP contribution in [0.1, 0.15) is 13.3 Å². The van der Waals surface area contributed by atoms with Gasteiger partial charge < -0.3 is 16.2 Å². The van der Waals surface area contributed by atoms with E-state index in [1.54, 1.807) is 12.1 Å². The molecule has 4 N–H and O–H groups in total. The second kappa shape index (κ2) is 5.37. The first-order valence-electron chi connectivity index (χ1n) is 6.15. The van der Waals surface area contributed by atoms with Crippen LogP contribution in [-0.4, -0.2) is 41.1 Å². The molecule has 0 spiro atoms. The molecule has 1 aromatic rings. The largest absolute Gasteiger partial charge is 0.397 e. The molecule has 0 saturated carbocycles. The number of β-amino-alcohol motifs (C(OH)–C–C–N with tert-alkyl or cyclic N) is 1. The van der Waals surface area contributed by atoms with Crippen molar-refractivity contribution in [3.8, 4) is 0 Å². The highest BCUT2D eigenvalue weighted by atomic mass is 16.3. The highest BCUT2D eigenvalue weighted by Gasteiger charge is 2.28. The fraction of sp³-hybridized carbons (Fsp3) is 0.462. The zero-order valence-electron chi connectivity index (χ0n) is 10.5. The molecule has 2 rings (SSSR count). The third-order valence-electron chi connectivity index (χ3n) is 3.34. The standard InChI is InChI=1S/C13H19N3O2/c1-9(16-7-6-10(17)8-16)13(18)15-12-5-3-2-4-11(12)14/h2-5,9-10,17H,6-8,14H2,1H3,(H,15,18). The summed E-state index contributed by atoms with van der Waals surface area (Å²) in [7, 11) is 0. The first kappa shape index (κ1) is 12.9. The van der Waals surface area contributed by atoms with Crippen LogP contribution in [0, 0.1) is 0 Å². The minimum Gasteiger partial charge on any atom is -0.397 e. The predicted octanol–water partition coefficient (Wildman–Crippen LogP) is 0.662. The second-order valence-corrected chi connectivity index (χ2v) is 4.69. The van der Waals surface area contributed by atoms with Crippen LogP contribution in [0.2, 0.25) is 0 Å². The van der Waals surface area contributed by atoms with Gasteiger partial charge in [0.25, 0.3) is 0 Å². The number of carbonyl (C=O) groups is 1. The lowest BCUT2D eigenvalue weighted by molar-refractivity contribution is -0.120. The van der Waals surface area contributed by atoms with Gasteiger partial charge >= 0.3 is 0 Å². The van der Waals surface area contributed by atoms with Crippen molar-refractivity contribution in [1.82, 2.24) is 4.90 Å². The number of carbonyl (C=O) groups excluding carboxylic acids is 1. The smallest absolute Gasteiger partial charge is 0.241 e. The molecule has 1 amide bonds. The van der Waals surface area contributed by atoms with Crippen LogP contribution < -0.4 is 11.1 Å². The van der Waals surface area contributed by atoms with Gasteiger partial charge in [0.05, 0.1) is 23.5 Å². The van der Waals surface area contributed by atoms with E-state index in [0.717, 1.165) is 13.0 Å². The van der Waals surface area contributed by atoms with Gasteiger partial charge in [-0.1, -0.05) is 12.1 Å². The monoisotopic (exact) mass is 249 g/mol. The average Bonchev–Trinajstić information content (AvgIpc) is 2.78. The highest BCUT2D eigenvalue weighted by molar-refractivity contribution is 5.97. The van der Waals surface area contributed by atoms with E-state index in [1.165, 1.54) is 0 Å². The Balaban J connectivity index is 1.98. The second-order valence-electron chi connectivity index (χ2n) is 4.69. The van der Waals surface area contributed by atoms with E-state index in [-0.39, 0.29) is 18.1 Å². The third kappa shape index (κ3) is 2.80. The Kier molecular flexibility index (Phi) is 3.84. The minimum absolute atomic E-state index is 0.0954. The van der Waals surface area contributed by atoms with Crippen molar-refractivity contribution in [2.75, 3.05) is 24.1 Å². The molecule has 2 unspecified atom stereocenters. The molecule has 1 aromatic carbocycles. The van der Waals surface area contributed by atoms with Gasteiger partial charge in [-0.3, -0.25) is 9.69 Å². The molecule has 0 bridgehead atoms. The van der Waals surface area contributed by atoms with E-state index in [9.17, 15) is 9.90 Å². The number of rotatable bonds is 3. The number of nitrogens with two attached hydrogens (primary N) is 1. The van der Waals surface area contributed by atoms with Crippen molar-refractivity contribution in [2.24, 2.45) is 0 Å². The molecular weight excluding hydrogens is 230 g/mol. The zero-order chi connectivity index (χ0) is 13.1. The maximum absolute atomic E-state index is 12.1. The van der Waals surface area contributed by atoms with Crippen LogP contribution in [0.15, 0.2) is 24.3 Å². The van der Waals surface area contributed by atoms with E-state index in [0.29, 0.717) is 17.9 Å². The molecule has 1 saturated heterocycles. The Morgan fingerprint density at radius 3 is 2.89 bits per heavy atom. The molecule has 1 heterocycles. The molecular formula is C13H19N3O2. The van der Waals surface area contributed by atoms with E-state index in [1.807, 2.05) is 24.0 Å². The zero-order valence-corrected chi connectivity index (χ0v) is 10.5. The molecule has 1 aliphatic heterocycles. The fourth-order valence-electron chi connectivity index (χ4n) is 2.13. The fourth-order valence-corrected chi connectivity index (χ4v) is 2.13. The number of nitrogens with zero attached hydrogens (tertiary/aromatic N) is 1. The summed E-state index contributed by atoms with van der Waals surface area (Å²) < 4.78 is 0. The Bertz CT molecular complexity index is 436. The topological polar surface area (TPSA) is 78.6 Å². The Morgan fingerprint density at radius 1 is 1.56 bits per heavy atom. The number of anilines is 2. The summed E-state index contributed by atoms with van der Waals surface area (Å²) in [5.74, 6) is -0.0954. The van der Waals surface area contributed by atoms with Gasteiger partial charge in [0, 0.05) is 13.1 Å². The van der Waals surface area contributed by atoms with Crippen molar-refractivity contribution in [2.45, 2.75) is 25.5 Å². The quantitative estimate of drug-likeness (QED) is 0.688. The average molecular weight is 249 g/mol. The van der Waals surface area contributed by atoms with E-state index >= 15 is 0 Å². The summed E-state index contributed by atoms with van der Waals surface area (Å²) in [6, 6.07) is 6.92. The number of likely N-dealkylation sites (tertiary alicyclic amines) is 1. The lowest BCUT2D eigenvalue weighted by Gasteiger charge is -2.23. The maximum atomic E-state index is 12.1. The van der Waals surface area contributed by atoms with Crippen LogP contribution in [-0.2, 0) is 4.79 Å². The lowest BCUT2D eigenvalue weighted by Crippen LogP contribution is -2.41. The van der Waals surface area contributed by atoms with Crippen LogP contribution >= 0.6 is 0 Å². The number of aliphatic hydroxyl groups is 1. The van der Waals surface area contributed by atoms with Gasteiger partial charge in [-0.2, -0.15) is 0 Å². The van der Waals surface area contributed by atoms with Crippen LogP contribution in [0.3, 0.4) is 0 Å². The first-order chi connectivity index (χ1) is 8.58. The van der Waals surface area contributed by atoms with E-state index in [2.05, 4.69) is 5.32 Å². The number of aliphatic hydroxyl groups excluding tert-OH is 1. The minimum atomic E-state index is -0.318. The maximum Gasteiger partial charge on any atom is 0.241 e. The summed E-state index contributed by atoms with van der Waals surface area (Å²) in [6.07, 6.45) is 0.410. The predicted molar refractivity (Wildman–Crippen MR) is 71.1 cm³/mol. The van der Waals surface area contributed by atoms with Gasteiger partial charge in [0.15, 0.2) is 0 Å².